The maximum atomic E-state index is 15.0. The molecule has 1 saturated carbocycles. The Morgan fingerprint density at radius 2 is 1.29 bits per heavy atom. The van der Waals surface area contributed by atoms with Gasteiger partial charge in [-0.25, -0.2) is 22.0 Å². The number of halogens is 10. The molecule has 0 bridgehead atoms. The quantitative estimate of drug-likeness (QED) is 0.123. The Kier molecular flexibility index (Phi) is 10.4. The topological polar surface area (TPSA) is 22.1 Å². The molecule has 0 aliphatic heterocycles. The minimum Gasteiger partial charge on any atom is -0.429 e. The van der Waals surface area contributed by atoms with Gasteiger partial charge in [0, 0.05) is 23.4 Å². The van der Waals surface area contributed by atoms with E-state index in [0.717, 1.165) is 37.2 Å². The van der Waals surface area contributed by atoms with Gasteiger partial charge in [0.15, 0.2) is 0 Å². The molecule has 0 atom stereocenters. The molecule has 12 heteroatoms. The first-order valence-corrected chi connectivity index (χ1v) is 15.6. The average molecular weight is 684 g/mol. The third kappa shape index (κ3) is 7.79. The minimum absolute atomic E-state index is 0.0952. The van der Waals surface area contributed by atoms with Gasteiger partial charge < -0.3 is 4.74 Å². The standard InChI is InChI=1S/C36H31F10NO/c1-2-3-4-5-20-6-8-21(9-7-20)22-10-13-32(47-19-22)24-16-30(40)34(31(41)17-24)36(45,46)48-25-11-12-26(27(37)18-25)23-14-28(38)33(29(39)15-23)35(42,43)44/h10-21H,2-9H2,1H3. The van der Waals surface area contributed by atoms with Gasteiger partial charge in [0.25, 0.3) is 0 Å². The first-order chi connectivity index (χ1) is 22.7. The van der Waals surface area contributed by atoms with Crippen LogP contribution >= 0.6 is 0 Å². The molecule has 0 unspecified atom stereocenters. The van der Waals surface area contributed by atoms with E-state index >= 15 is 17.6 Å². The van der Waals surface area contributed by atoms with Gasteiger partial charge in [-0.3, -0.25) is 4.98 Å². The summed E-state index contributed by atoms with van der Waals surface area (Å²) in [7, 11) is 0. The number of hydrogen-bond acceptors (Lipinski definition) is 2. The monoisotopic (exact) mass is 683 g/mol. The van der Waals surface area contributed by atoms with Gasteiger partial charge in [-0.15, -0.1) is 0 Å². The smallest absolute Gasteiger partial charge is 0.429 e. The van der Waals surface area contributed by atoms with E-state index in [4.69, 9.17) is 0 Å². The number of unbranched alkanes of at least 4 members (excludes halogenated alkanes) is 2. The van der Waals surface area contributed by atoms with Crippen LogP contribution < -0.4 is 4.74 Å². The van der Waals surface area contributed by atoms with E-state index in [9.17, 15) is 26.3 Å². The Hall–Kier alpha value is -4.09. The molecule has 2 nitrogen and oxygen atoms in total. The highest BCUT2D eigenvalue weighted by Gasteiger charge is 2.42. The second kappa shape index (κ2) is 14.2. The lowest BCUT2D eigenvalue weighted by Crippen LogP contribution is -2.25. The molecule has 0 spiro atoms. The van der Waals surface area contributed by atoms with E-state index in [1.807, 2.05) is 6.07 Å². The third-order valence-electron chi connectivity index (χ3n) is 8.77. The lowest BCUT2D eigenvalue weighted by molar-refractivity contribution is -0.189. The van der Waals surface area contributed by atoms with Gasteiger partial charge in [0.2, 0.25) is 0 Å². The van der Waals surface area contributed by atoms with E-state index < -0.39 is 69.4 Å². The van der Waals surface area contributed by atoms with Crippen molar-refractivity contribution >= 4 is 0 Å². The Morgan fingerprint density at radius 3 is 1.83 bits per heavy atom. The summed E-state index contributed by atoms with van der Waals surface area (Å²) in [6, 6.07) is 6.96. The Bertz CT molecular complexity index is 1700. The van der Waals surface area contributed by atoms with Gasteiger partial charge in [-0.2, -0.15) is 22.0 Å². The van der Waals surface area contributed by atoms with Crippen molar-refractivity contribution in [3.8, 4) is 28.1 Å². The van der Waals surface area contributed by atoms with E-state index in [-0.39, 0.29) is 23.4 Å². The van der Waals surface area contributed by atoms with Crippen molar-refractivity contribution < 1.29 is 48.6 Å². The third-order valence-corrected chi connectivity index (χ3v) is 8.77. The van der Waals surface area contributed by atoms with Crippen LogP contribution in [-0.2, 0) is 12.3 Å². The van der Waals surface area contributed by atoms with Gasteiger partial charge in [-0.1, -0.05) is 38.7 Å². The maximum absolute atomic E-state index is 15.0. The van der Waals surface area contributed by atoms with Crippen LogP contribution in [0.1, 0.15) is 80.9 Å². The van der Waals surface area contributed by atoms with Crippen LogP contribution in [0.25, 0.3) is 22.4 Å². The van der Waals surface area contributed by atoms with Crippen molar-refractivity contribution in [2.45, 2.75) is 76.5 Å². The van der Waals surface area contributed by atoms with E-state index in [1.54, 1.807) is 12.3 Å². The van der Waals surface area contributed by atoms with Crippen molar-refractivity contribution in [1.82, 2.24) is 4.98 Å². The lowest BCUT2D eigenvalue weighted by Gasteiger charge is -2.28. The van der Waals surface area contributed by atoms with E-state index in [1.165, 1.54) is 25.7 Å². The van der Waals surface area contributed by atoms with Crippen molar-refractivity contribution in [2.75, 3.05) is 0 Å². The number of rotatable bonds is 10. The zero-order valence-corrected chi connectivity index (χ0v) is 25.7. The predicted molar refractivity (Wildman–Crippen MR) is 160 cm³/mol. The minimum atomic E-state index is -5.36. The largest absolute Gasteiger partial charge is 0.432 e. The van der Waals surface area contributed by atoms with Crippen LogP contribution in [0.2, 0.25) is 0 Å². The number of nitrogens with zero attached hydrogens (tertiary/aromatic N) is 1. The van der Waals surface area contributed by atoms with Gasteiger partial charge in [0.1, 0.15) is 46.0 Å². The Balaban J connectivity index is 1.29. The summed E-state index contributed by atoms with van der Waals surface area (Å²) in [5.41, 5.74) is -4.18. The number of aromatic nitrogens is 1. The van der Waals surface area contributed by atoms with Crippen molar-refractivity contribution in [3.63, 3.8) is 0 Å². The molecule has 1 aliphatic rings. The Morgan fingerprint density at radius 1 is 0.688 bits per heavy atom. The summed E-state index contributed by atoms with van der Waals surface area (Å²) in [6.45, 7) is 2.18. The molecule has 3 aromatic carbocycles. The Labute approximate surface area is 270 Å². The highest BCUT2D eigenvalue weighted by molar-refractivity contribution is 5.66. The van der Waals surface area contributed by atoms with Crippen LogP contribution in [-0.4, -0.2) is 4.98 Å². The summed E-state index contributed by atoms with van der Waals surface area (Å²) in [4.78, 5) is 4.32. The molecule has 5 rings (SSSR count). The number of hydrogen-bond donors (Lipinski definition) is 0. The van der Waals surface area contributed by atoms with E-state index in [0.29, 0.717) is 36.2 Å². The molecule has 0 amide bonds. The number of benzene rings is 3. The van der Waals surface area contributed by atoms with Crippen LogP contribution in [0.5, 0.6) is 5.75 Å². The first-order valence-electron chi connectivity index (χ1n) is 15.6. The summed E-state index contributed by atoms with van der Waals surface area (Å²) < 4.78 is 146. The molecule has 0 N–H and O–H groups in total. The SMILES string of the molecule is CCCCCC1CCC(c2ccc(-c3cc(F)c(C(F)(F)Oc4ccc(-c5cc(F)c(C(F)(F)F)c(F)c5)c(F)c4)c(F)c3)nc2)CC1. The molecule has 256 valence electrons. The summed E-state index contributed by atoms with van der Waals surface area (Å²) in [5.74, 6) is -8.65. The highest BCUT2D eigenvalue weighted by atomic mass is 19.4. The maximum Gasteiger partial charge on any atom is 0.432 e. The highest BCUT2D eigenvalue weighted by Crippen LogP contribution is 2.41. The van der Waals surface area contributed by atoms with Crippen molar-refractivity contribution in [2.24, 2.45) is 5.92 Å². The normalized spacial score (nSPS) is 17.1. The molecular weight excluding hydrogens is 652 g/mol. The van der Waals surface area contributed by atoms with Gasteiger partial charge >= 0.3 is 12.3 Å². The van der Waals surface area contributed by atoms with Crippen molar-refractivity contribution in [3.05, 3.63) is 107 Å². The molecule has 1 heterocycles. The molecule has 48 heavy (non-hydrogen) atoms. The molecule has 1 aliphatic carbocycles. The molecular formula is C36H31F10NO. The number of alkyl halides is 5. The predicted octanol–water partition coefficient (Wildman–Crippen LogP) is 12.1. The summed E-state index contributed by atoms with van der Waals surface area (Å²) >= 11 is 0. The second-order valence-electron chi connectivity index (χ2n) is 12.1. The fourth-order valence-electron chi connectivity index (χ4n) is 6.28. The fourth-order valence-corrected chi connectivity index (χ4v) is 6.28. The molecule has 1 fully saturated rings. The summed E-state index contributed by atoms with van der Waals surface area (Å²) in [6.07, 6.45) is 0.790. The molecule has 0 saturated heterocycles. The fraction of sp³-hybridized carbons (Fsp3) is 0.361. The number of ether oxygens (including phenoxy) is 1. The molecule has 1 aromatic heterocycles. The zero-order valence-electron chi connectivity index (χ0n) is 25.7. The van der Waals surface area contributed by atoms with Crippen molar-refractivity contribution in [1.29, 1.82) is 0 Å². The average Bonchev–Trinajstić information content (AvgIpc) is 3.00. The van der Waals surface area contributed by atoms with Crippen LogP contribution in [0.4, 0.5) is 43.9 Å². The van der Waals surface area contributed by atoms with Crippen LogP contribution in [0.3, 0.4) is 0 Å². The van der Waals surface area contributed by atoms with Crippen LogP contribution in [0, 0.1) is 35.0 Å². The van der Waals surface area contributed by atoms with Gasteiger partial charge in [-0.05, 0) is 91.1 Å². The van der Waals surface area contributed by atoms with E-state index in [2.05, 4.69) is 16.6 Å². The molecule has 4 aromatic rings. The zero-order chi connectivity index (χ0) is 34.8. The molecule has 0 radical (unpaired) electrons. The summed E-state index contributed by atoms with van der Waals surface area (Å²) in [5, 5.41) is 0. The first kappa shape index (κ1) is 35.2. The van der Waals surface area contributed by atoms with Gasteiger partial charge in [0.05, 0.1) is 5.69 Å². The lowest BCUT2D eigenvalue weighted by atomic mass is 9.77. The van der Waals surface area contributed by atoms with Crippen LogP contribution in [0.15, 0.2) is 60.8 Å². The second-order valence-corrected chi connectivity index (χ2v) is 12.1. The number of pyridine rings is 1.